The van der Waals surface area contributed by atoms with Gasteiger partial charge in [-0.3, -0.25) is 4.90 Å². The van der Waals surface area contributed by atoms with E-state index in [1.807, 2.05) is 6.07 Å². The molecule has 0 amide bonds. The lowest BCUT2D eigenvalue weighted by Gasteiger charge is -2.29. The second kappa shape index (κ2) is 7.22. The van der Waals surface area contributed by atoms with Gasteiger partial charge in [-0.2, -0.15) is 0 Å². The molecular formula is C18H24N2. The highest BCUT2D eigenvalue weighted by molar-refractivity contribution is 5.63. The Morgan fingerprint density at radius 1 is 0.850 bits per heavy atom. The molecule has 20 heavy (non-hydrogen) atoms. The molecule has 0 aliphatic heterocycles. The van der Waals surface area contributed by atoms with Gasteiger partial charge in [0.25, 0.3) is 0 Å². The van der Waals surface area contributed by atoms with Gasteiger partial charge in [-0.05, 0) is 29.8 Å². The predicted molar refractivity (Wildman–Crippen MR) is 86.6 cm³/mol. The Morgan fingerprint density at radius 2 is 1.40 bits per heavy atom. The van der Waals surface area contributed by atoms with Gasteiger partial charge in [-0.25, -0.2) is 0 Å². The van der Waals surface area contributed by atoms with Crippen LogP contribution in [0.2, 0.25) is 0 Å². The minimum Gasteiger partial charge on any atom is -0.329 e. The van der Waals surface area contributed by atoms with E-state index in [-0.39, 0.29) is 0 Å². The molecule has 2 aromatic carbocycles. The van der Waals surface area contributed by atoms with Gasteiger partial charge in [0.1, 0.15) is 0 Å². The maximum absolute atomic E-state index is 5.96. The SMILES string of the molecule is CCN(CC)C(CN)c1ccc(-c2ccccc2)cc1. The molecule has 0 spiro atoms. The van der Waals surface area contributed by atoms with Crippen LogP contribution in [0.15, 0.2) is 54.6 Å². The number of nitrogens with zero attached hydrogens (tertiary/aromatic N) is 1. The third-order valence-corrected chi connectivity index (χ3v) is 3.88. The van der Waals surface area contributed by atoms with Crippen molar-refractivity contribution in [3.05, 3.63) is 60.2 Å². The van der Waals surface area contributed by atoms with Crippen LogP contribution < -0.4 is 5.73 Å². The first-order valence-corrected chi connectivity index (χ1v) is 7.39. The highest BCUT2D eigenvalue weighted by Gasteiger charge is 2.15. The molecule has 0 saturated heterocycles. The van der Waals surface area contributed by atoms with E-state index >= 15 is 0 Å². The Balaban J connectivity index is 2.23. The number of hydrogen-bond acceptors (Lipinski definition) is 2. The molecule has 0 aliphatic rings. The van der Waals surface area contributed by atoms with E-state index in [1.54, 1.807) is 0 Å². The fourth-order valence-electron chi connectivity index (χ4n) is 2.69. The molecule has 0 aromatic heterocycles. The second-order valence-corrected chi connectivity index (χ2v) is 4.96. The maximum Gasteiger partial charge on any atom is 0.0470 e. The van der Waals surface area contributed by atoms with Gasteiger partial charge in [-0.1, -0.05) is 68.4 Å². The number of benzene rings is 2. The third kappa shape index (κ3) is 3.27. The predicted octanol–water partition coefficient (Wildman–Crippen LogP) is 3.70. The first kappa shape index (κ1) is 14.8. The van der Waals surface area contributed by atoms with Crippen LogP contribution in [0.5, 0.6) is 0 Å². The van der Waals surface area contributed by atoms with Crippen LogP contribution in [-0.2, 0) is 0 Å². The topological polar surface area (TPSA) is 29.3 Å². The highest BCUT2D eigenvalue weighted by atomic mass is 15.2. The van der Waals surface area contributed by atoms with Gasteiger partial charge in [0, 0.05) is 12.6 Å². The van der Waals surface area contributed by atoms with Crippen molar-refractivity contribution >= 4 is 0 Å². The van der Waals surface area contributed by atoms with Gasteiger partial charge < -0.3 is 5.73 Å². The van der Waals surface area contributed by atoms with Crippen LogP contribution in [0.4, 0.5) is 0 Å². The van der Waals surface area contributed by atoms with Crippen LogP contribution in [0.3, 0.4) is 0 Å². The monoisotopic (exact) mass is 268 g/mol. The molecule has 2 N–H and O–H groups in total. The zero-order valence-corrected chi connectivity index (χ0v) is 12.4. The van der Waals surface area contributed by atoms with Crippen LogP contribution in [0.1, 0.15) is 25.5 Å². The number of rotatable bonds is 6. The summed E-state index contributed by atoms with van der Waals surface area (Å²) in [7, 11) is 0. The van der Waals surface area contributed by atoms with Crippen LogP contribution in [0, 0.1) is 0 Å². The van der Waals surface area contributed by atoms with Crippen LogP contribution in [0.25, 0.3) is 11.1 Å². The highest BCUT2D eigenvalue weighted by Crippen LogP contribution is 2.24. The molecule has 1 atom stereocenters. The van der Waals surface area contributed by atoms with Gasteiger partial charge in [0.2, 0.25) is 0 Å². The summed E-state index contributed by atoms with van der Waals surface area (Å²) in [6, 6.07) is 19.6. The van der Waals surface area contributed by atoms with Crippen molar-refractivity contribution in [1.82, 2.24) is 4.90 Å². The molecule has 0 fully saturated rings. The third-order valence-electron chi connectivity index (χ3n) is 3.88. The van der Waals surface area contributed by atoms with E-state index in [4.69, 9.17) is 5.73 Å². The van der Waals surface area contributed by atoms with Crippen molar-refractivity contribution in [2.45, 2.75) is 19.9 Å². The molecule has 0 bridgehead atoms. The van der Waals surface area contributed by atoms with Crippen molar-refractivity contribution < 1.29 is 0 Å². The Hall–Kier alpha value is -1.64. The van der Waals surface area contributed by atoms with E-state index in [0.717, 1.165) is 13.1 Å². The Bertz CT molecular complexity index is 501. The van der Waals surface area contributed by atoms with Crippen molar-refractivity contribution in [2.24, 2.45) is 5.73 Å². The van der Waals surface area contributed by atoms with E-state index in [1.165, 1.54) is 16.7 Å². The lowest BCUT2D eigenvalue weighted by molar-refractivity contribution is 0.224. The van der Waals surface area contributed by atoms with E-state index in [0.29, 0.717) is 12.6 Å². The summed E-state index contributed by atoms with van der Waals surface area (Å²) in [4.78, 5) is 2.40. The molecule has 0 aliphatic carbocycles. The molecule has 1 unspecified atom stereocenters. The summed E-state index contributed by atoms with van der Waals surface area (Å²) in [6.45, 7) is 7.08. The van der Waals surface area contributed by atoms with Gasteiger partial charge in [0.05, 0.1) is 0 Å². The molecule has 2 heteroatoms. The molecule has 2 rings (SSSR count). The van der Waals surface area contributed by atoms with Crippen molar-refractivity contribution in [1.29, 1.82) is 0 Å². The van der Waals surface area contributed by atoms with Crippen molar-refractivity contribution in [3.63, 3.8) is 0 Å². The maximum atomic E-state index is 5.96. The quantitative estimate of drug-likeness (QED) is 0.865. The molecule has 0 radical (unpaired) electrons. The fourth-order valence-corrected chi connectivity index (χ4v) is 2.69. The second-order valence-electron chi connectivity index (χ2n) is 4.96. The van der Waals surface area contributed by atoms with Crippen LogP contribution in [-0.4, -0.2) is 24.5 Å². The summed E-state index contributed by atoms with van der Waals surface area (Å²) in [5, 5.41) is 0. The fraction of sp³-hybridized carbons (Fsp3) is 0.333. The van der Waals surface area contributed by atoms with Gasteiger partial charge >= 0.3 is 0 Å². The molecular weight excluding hydrogens is 244 g/mol. The van der Waals surface area contributed by atoms with Crippen LogP contribution >= 0.6 is 0 Å². The smallest absolute Gasteiger partial charge is 0.0470 e. The van der Waals surface area contributed by atoms with Crippen molar-refractivity contribution in [3.8, 4) is 11.1 Å². The lowest BCUT2D eigenvalue weighted by atomic mass is 10.00. The molecule has 2 nitrogen and oxygen atoms in total. The Kier molecular flexibility index (Phi) is 5.33. The summed E-state index contributed by atoms with van der Waals surface area (Å²) in [5.74, 6) is 0. The standard InChI is InChI=1S/C18H24N2/c1-3-20(4-2)18(14-19)17-12-10-16(11-13-17)15-8-6-5-7-9-15/h5-13,18H,3-4,14,19H2,1-2H3. The minimum absolute atomic E-state index is 0.315. The van der Waals surface area contributed by atoms with E-state index < -0.39 is 0 Å². The largest absolute Gasteiger partial charge is 0.329 e. The summed E-state index contributed by atoms with van der Waals surface area (Å²) in [5.41, 5.74) is 9.78. The zero-order valence-electron chi connectivity index (χ0n) is 12.4. The minimum atomic E-state index is 0.315. The number of hydrogen-bond donors (Lipinski definition) is 1. The Labute approximate surface area is 122 Å². The molecule has 106 valence electrons. The first-order valence-electron chi connectivity index (χ1n) is 7.39. The molecule has 2 aromatic rings. The van der Waals surface area contributed by atoms with Crippen molar-refractivity contribution in [2.75, 3.05) is 19.6 Å². The van der Waals surface area contributed by atoms with Gasteiger partial charge in [0.15, 0.2) is 0 Å². The summed E-state index contributed by atoms with van der Waals surface area (Å²) in [6.07, 6.45) is 0. The lowest BCUT2D eigenvalue weighted by Crippen LogP contribution is -2.33. The summed E-state index contributed by atoms with van der Waals surface area (Å²) < 4.78 is 0. The van der Waals surface area contributed by atoms with E-state index in [9.17, 15) is 0 Å². The average Bonchev–Trinajstić information content (AvgIpc) is 2.53. The Morgan fingerprint density at radius 3 is 1.90 bits per heavy atom. The normalized spacial score (nSPS) is 12.6. The average molecular weight is 268 g/mol. The zero-order chi connectivity index (χ0) is 14.4. The molecule has 0 saturated carbocycles. The summed E-state index contributed by atoms with van der Waals surface area (Å²) >= 11 is 0. The molecule has 0 heterocycles. The number of likely N-dealkylation sites (N-methyl/N-ethyl adjacent to an activating group) is 1. The first-order chi connectivity index (χ1) is 9.80. The number of nitrogens with two attached hydrogens (primary N) is 1. The van der Waals surface area contributed by atoms with Gasteiger partial charge in [-0.15, -0.1) is 0 Å². The van der Waals surface area contributed by atoms with E-state index in [2.05, 4.69) is 67.3 Å².